The molecule has 2 aromatic heterocycles. The van der Waals surface area contributed by atoms with Crippen LogP contribution in [0.1, 0.15) is 31.7 Å². The maximum atomic E-state index is 6.35. The summed E-state index contributed by atoms with van der Waals surface area (Å²) in [4.78, 5) is 11.1. The highest BCUT2D eigenvalue weighted by Gasteiger charge is 2.17. The highest BCUT2D eigenvalue weighted by Crippen LogP contribution is 2.30. The van der Waals surface area contributed by atoms with E-state index >= 15 is 0 Å². The molecule has 0 bridgehead atoms. The molecule has 0 aliphatic heterocycles. The van der Waals surface area contributed by atoms with Gasteiger partial charge in [-0.2, -0.15) is 0 Å². The Kier molecular flexibility index (Phi) is 7.31. The highest BCUT2D eigenvalue weighted by molar-refractivity contribution is 6.30. The third-order valence-corrected chi connectivity index (χ3v) is 5.13. The number of benzene rings is 1. The standard InChI is InChI=1S/C24H28ClN5/c1-4-5-6-14-30(18(3)28-22-12-13-27-16-17(22)2)24-21(26)10-11-23(29-24)19-8-7-9-20(25)15-19/h7-13,15-16H,3-6,14,26H2,1-2H3,(H,27,28). The Bertz CT molecular complexity index is 1020. The van der Waals surface area contributed by atoms with Crippen LogP contribution in [0.4, 0.5) is 17.2 Å². The molecule has 2 heterocycles. The van der Waals surface area contributed by atoms with Crippen LogP contribution in [0.2, 0.25) is 5.02 Å². The molecule has 6 heteroatoms. The van der Waals surface area contributed by atoms with Crippen molar-refractivity contribution in [1.29, 1.82) is 0 Å². The summed E-state index contributed by atoms with van der Waals surface area (Å²) in [6.45, 7) is 9.24. The van der Waals surface area contributed by atoms with Gasteiger partial charge in [0.25, 0.3) is 0 Å². The number of aryl methyl sites for hydroxylation is 1. The fourth-order valence-electron chi connectivity index (χ4n) is 3.21. The summed E-state index contributed by atoms with van der Waals surface area (Å²) in [7, 11) is 0. The number of rotatable bonds is 9. The van der Waals surface area contributed by atoms with Crippen LogP contribution in [0.5, 0.6) is 0 Å². The van der Waals surface area contributed by atoms with Crippen LogP contribution in [0.25, 0.3) is 11.3 Å². The number of nitrogens with two attached hydrogens (primary N) is 1. The predicted octanol–water partition coefficient (Wildman–Crippen LogP) is 6.27. The SMILES string of the molecule is C=C(Nc1ccncc1C)N(CCCCC)c1nc(-c2cccc(Cl)c2)ccc1N. The summed E-state index contributed by atoms with van der Waals surface area (Å²) in [5, 5.41) is 4.08. The zero-order chi connectivity index (χ0) is 21.5. The minimum atomic E-state index is 0.603. The number of halogens is 1. The fourth-order valence-corrected chi connectivity index (χ4v) is 3.40. The third kappa shape index (κ3) is 5.30. The van der Waals surface area contributed by atoms with E-state index in [0.717, 1.165) is 54.1 Å². The van der Waals surface area contributed by atoms with E-state index < -0.39 is 0 Å². The van der Waals surface area contributed by atoms with E-state index in [1.807, 2.05) is 55.6 Å². The summed E-state index contributed by atoms with van der Waals surface area (Å²) in [6.07, 6.45) is 6.84. The van der Waals surface area contributed by atoms with Crippen LogP contribution < -0.4 is 16.0 Å². The lowest BCUT2D eigenvalue weighted by molar-refractivity contribution is 0.703. The molecular weight excluding hydrogens is 394 g/mol. The van der Waals surface area contributed by atoms with Gasteiger partial charge in [0.15, 0.2) is 5.82 Å². The molecule has 156 valence electrons. The second-order valence-corrected chi connectivity index (χ2v) is 7.68. The summed E-state index contributed by atoms with van der Waals surface area (Å²) < 4.78 is 0. The Labute approximate surface area is 183 Å². The molecule has 0 saturated heterocycles. The number of hydrogen-bond acceptors (Lipinski definition) is 5. The van der Waals surface area contributed by atoms with Crippen molar-refractivity contribution in [3.05, 3.63) is 77.8 Å². The Balaban J connectivity index is 1.95. The summed E-state index contributed by atoms with van der Waals surface area (Å²) in [5.74, 6) is 1.41. The topological polar surface area (TPSA) is 67.1 Å². The first-order chi connectivity index (χ1) is 14.5. The summed E-state index contributed by atoms with van der Waals surface area (Å²) in [6, 6.07) is 13.4. The zero-order valence-electron chi connectivity index (χ0n) is 17.5. The first-order valence-electron chi connectivity index (χ1n) is 10.2. The molecule has 3 N–H and O–H groups in total. The number of anilines is 3. The van der Waals surface area contributed by atoms with Gasteiger partial charge in [-0.25, -0.2) is 4.98 Å². The first-order valence-corrected chi connectivity index (χ1v) is 10.5. The molecule has 3 rings (SSSR count). The zero-order valence-corrected chi connectivity index (χ0v) is 18.3. The number of hydrogen-bond donors (Lipinski definition) is 2. The second kappa shape index (κ2) is 10.1. The van der Waals surface area contributed by atoms with Gasteiger partial charge in [-0.3, -0.25) is 4.98 Å². The molecule has 5 nitrogen and oxygen atoms in total. The Morgan fingerprint density at radius 2 is 2.03 bits per heavy atom. The van der Waals surface area contributed by atoms with Crippen LogP contribution in [0, 0.1) is 6.92 Å². The molecule has 0 atom stereocenters. The normalized spacial score (nSPS) is 10.6. The monoisotopic (exact) mass is 421 g/mol. The third-order valence-electron chi connectivity index (χ3n) is 4.89. The molecule has 0 aliphatic rings. The average Bonchev–Trinajstić information content (AvgIpc) is 2.73. The van der Waals surface area contributed by atoms with Crippen molar-refractivity contribution in [2.75, 3.05) is 22.5 Å². The van der Waals surface area contributed by atoms with Crippen molar-refractivity contribution in [1.82, 2.24) is 9.97 Å². The minimum Gasteiger partial charge on any atom is -0.396 e. The van der Waals surface area contributed by atoms with Crippen LogP contribution in [0.3, 0.4) is 0 Å². The minimum absolute atomic E-state index is 0.603. The molecule has 0 amide bonds. The van der Waals surface area contributed by atoms with Gasteiger partial charge < -0.3 is 16.0 Å². The molecule has 1 aromatic carbocycles. The molecular formula is C24H28ClN5. The van der Waals surface area contributed by atoms with E-state index in [-0.39, 0.29) is 0 Å². The Hall–Kier alpha value is -3.05. The van der Waals surface area contributed by atoms with Crippen molar-refractivity contribution in [3.8, 4) is 11.3 Å². The van der Waals surface area contributed by atoms with Gasteiger partial charge in [-0.05, 0) is 49.2 Å². The molecule has 3 aromatic rings. The Morgan fingerprint density at radius 3 is 2.77 bits per heavy atom. The number of pyridine rings is 2. The van der Waals surface area contributed by atoms with Crippen molar-refractivity contribution in [3.63, 3.8) is 0 Å². The van der Waals surface area contributed by atoms with Gasteiger partial charge >= 0.3 is 0 Å². The van der Waals surface area contributed by atoms with E-state index in [1.165, 1.54) is 0 Å². The maximum absolute atomic E-state index is 6.35. The van der Waals surface area contributed by atoms with E-state index in [9.17, 15) is 0 Å². The van der Waals surface area contributed by atoms with E-state index in [4.69, 9.17) is 22.3 Å². The summed E-state index contributed by atoms with van der Waals surface area (Å²) in [5.41, 5.74) is 10.7. The van der Waals surface area contributed by atoms with E-state index in [2.05, 4.69) is 28.7 Å². The van der Waals surface area contributed by atoms with Gasteiger partial charge in [-0.15, -0.1) is 0 Å². The largest absolute Gasteiger partial charge is 0.396 e. The Morgan fingerprint density at radius 1 is 1.20 bits per heavy atom. The number of aromatic nitrogens is 2. The number of nitrogens with one attached hydrogen (secondary N) is 1. The van der Waals surface area contributed by atoms with Gasteiger partial charge in [0, 0.05) is 35.2 Å². The van der Waals surface area contributed by atoms with Crippen LogP contribution >= 0.6 is 11.6 Å². The highest BCUT2D eigenvalue weighted by atomic mass is 35.5. The molecule has 0 unspecified atom stereocenters. The van der Waals surface area contributed by atoms with Crippen LogP contribution in [-0.4, -0.2) is 16.5 Å². The van der Waals surface area contributed by atoms with Crippen molar-refractivity contribution >= 4 is 28.8 Å². The molecule has 0 radical (unpaired) electrons. The quantitative estimate of drug-likeness (QED) is 0.398. The van der Waals surface area contributed by atoms with Gasteiger partial charge in [-0.1, -0.05) is 50.1 Å². The van der Waals surface area contributed by atoms with Gasteiger partial charge in [0.05, 0.1) is 11.4 Å². The smallest absolute Gasteiger partial charge is 0.158 e. The van der Waals surface area contributed by atoms with E-state index in [1.54, 1.807) is 6.20 Å². The predicted molar refractivity (Wildman–Crippen MR) is 128 cm³/mol. The summed E-state index contributed by atoms with van der Waals surface area (Å²) >= 11 is 6.18. The van der Waals surface area contributed by atoms with Crippen LogP contribution in [0.15, 0.2) is 67.3 Å². The fraction of sp³-hybridized carbons (Fsp3) is 0.250. The van der Waals surface area contributed by atoms with Crippen molar-refractivity contribution in [2.45, 2.75) is 33.1 Å². The number of nitrogens with zero attached hydrogens (tertiary/aromatic N) is 3. The lowest BCUT2D eigenvalue weighted by Crippen LogP contribution is -2.29. The van der Waals surface area contributed by atoms with E-state index in [0.29, 0.717) is 16.5 Å². The number of unbranched alkanes of at least 4 members (excludes halogenated alkanes) is 2. The lowest BCUT2D eigenvalue weighted by Gasteiger charge is -2.28. The molecule has 0 aliphatic carbocycles. The van der Waals surface area contributed by atoms with Gasteiger partial charge in [0.1, 0.15) is 5.82 Å². The molecule has 0 fully saturated rings. The van der Waals surface area contributed by atoms with Crippen molar-refractivity contribution < 1.29 is 0 Å². The molecule has 0 saturated carbocycles. The number of nitrogen functional groups attached to an aromatic ring is 1. The second-order valence-electron chi connectivity index (χ2n) is 7.24. The lowest BCUT2D eigenvalue weighted by atomic mass is 10.1. The molecule has 0 spiro atoms. The molecule has 30 heavy (non-hydrogen) atoms. The first kappa shape index (κ1) is 21.7. The van der Waals surface area contributed by atoms with Crippen LogP contribution in [-0.2, 0) is 0 Å². The van der Waals surface area contributed by atoms with Crippen molar-refractivity contribution in [2.24, 2.45) is 0 Å². The van der Waals surface area contributed by atoms with Gasteiger partial charge in [0.2, 0.25) is 0 Å². The maximum Gasteiger partial charge on any atom is 0.158 e. The average molecular weight is 422 g/mol.